The molecule has 2 heterocycles. The van der Waals surface area contributed by atoms with Crippen LogP contribution in [0.1, 0.15) is 39.9 Å². The third-order valence-electron chi connectivity index (χ3n) is 6.06. The van der Waals surface area contributed by atoms with Gasteiger partial charge in [-0.15, -0.1) is 0 Å². The summed E-state index contributed by atoms with van der Waals surface area (Å²) in [6.45, 7) is 4.11. The maximum Gasteiger partial charge on any atom is 0.414 e. The number of ether oxygens (including phenoxy) is 1. The van der Waals surface area contributed by atoms with E-state index in [1.165, 1.54) is 6.07 Å². The first kappa shape index (κ1) is 21.8. The molecular formula is C24H27N3O5. The number of fused-ring (bicyclic) bond motifs is 1. The van der Waals surface area contributed by atoms with Gasteiger partial charge in [0.1, 0.15) is 6.61 Å². The molecule has 2 aromatic rings. The maximum absolute atomic E-state index is 12.5. The Balaban J connectivity index is 1.31. The van der Waals surface area contributed by atoms with Crippen LogP contribution in [0.2, 0.25) is 0 Å². The van der Waals surface area contributed by atoms with Gasteiger partial charge in [0, 0.05) is 31.2 Å². The van der Waals surface area contributed by atoms with E-state index in [9.17, 15) is 19.5 Å². The summed E-state index contributed by atoms with van der Waals surface area (Å²) in [5, 5.41) is 12.1. The van der Waals surface area contributed by atoms with E-state index in [0.29, 0.717) is 25.3 Å². The van der Waals surface area contributed by atoms with Crippen molar-refractivity contribution in [1.82, 2.24) is 10.2 Å². The number of hydrogen-bond donors (Lipinski definition) is 2. The van der Waals surface area contributed by atoms with Gasteiger partial charge in [-0.25, -0.2) is 9.59 Å². The Hall–Kier alpha value is -3.39. The van der Waals surface area contributed by atoms with Crippen LogP contribution in [-0.4, -0.2) is 53.7 Å². The third-order valence-corrected chi connectivity index (χ3v) is 6.06. The van der Waals surface area contributed by atoms with Gasteiger partial charge in [0.05, 0.1) is 17.8 Å². The van der Waals surface area contributed by atoms with Crippen molar-refractivity contribution in [2.45, 2.75) is 39.0 Å². The zero-order chi connectivity index (χ0) is 22.7. The molecule has 4 rings (SSSR count). The number of piperidine rings is 1. The first-order valence-electron chi connectivity index (χ1n) is 10.8. The molecule has 0 atom stereocenters. The van der Waals surface area contributed by atoms with E-state index in [2.05, 4.69) is 16.3 Å². The summed E-state index contributed by atoms with van der Waals surface area (Å²) >= 11 is 0. The van der Waals surface area contributed by atoms with E-state index in [0.717, 1.165) is 29.7 Å². The minimum atomic E-state index is -1.01. The van der Waals surface area contributed by atoms with E-state index in [1.54, 1.807) is 23.1 Å². The summed E-state index contributed by atoms with van der Waals surface area (Å²) in [5.74, 6) is -1.16. The summed E-state index contributed by atoms with van der Waals surface area (Å²) < 4.78 is 5.38. The molecule has 168 valence electrons. The van der Waals surface area contributed by atoms with Crippen LogP contribution in [0.15, 0.2) is 42.5 Å². The standard InChI is InChI=1S/C24H27N3O5/c1-16-6-7-21-18(12-16)15-32-24(31)27(21)19-8-10-26(11-9-19)14-22(28)25-13-17-4-2-3-5-20(17)23(29)30/h2-7,12,19H,8-11,13-15H2,1H3,(H,25,28)(H,29,30). The second-order valence-corrected chi connectivity index (χ2v) is 8.30. The zero-order valence-corrected chi connectivity index (χ0v) is 18.0. The van der Waals surface area contributed by atoms with Crippen molar-refractivity contribution in [3.63, 3.8) is 0 Å². The van der Waals surface area contributed by atoms with Gasteiger partial charge >= 0.3 is 12.1 Å². The molecule has 8 nitrogen and oxygen atoms in total. The van der Waals surface area contributed by atoms with Crippen LogP contribution in [0.25, 0.3) is 0 Å². The average molecular weight is 437 g/mol. The summed E-state index contributed by atoms with van der Waals surface area (Å²) in [6.07, 6.45) is 1.18. The largest absolute Gasteiger partial charge is 0.478 e. The lowest BCUT2D eigenvalue weighted by Crippen LogP contribution is -2.50. The lowest BCUT2D eigenvalue weighted by Gasteiger charge is -2.40. The Morgan fingerprint density at radius 2 is 1.91 bits per heavy atom. The fourth-order valence-electron chi connectivity index (χ4n) is 4.39. The third kappa shape index (κ3) is 4.75. The normalized spacial score (nSPS) is 16.9. The predicted molar refractivity (Wildman–Crippen MR) is 119 cm³/mol. The summed E-state index contributed by atoms with van der Waals surface area (Å²) in [4.78, 5) is 40.0. The highest BCUT2D eigenvalue weighted by molar-refractivity contribution is 5.91. The number of hydrogen-bond acceptors (Lipinski definition) is 5. The molecule has 32 heavy (non-hydrogen) atoms. The molecule has 0 spiro atoms. The van der Waals surface area contributed by atoms with Gasteiger partial charge in [-0.1, -0.05) is 35.9 Å². The number of anilines is 1. The Morgan fingerprint density at radius 3 is 2.66 bits per heavy atom. The summed E-state index contributed by atoms with van der Waals surface area (Å²) in [7, 11) is 0. The van der Waals surface area contributed by atoms with Crippen LogP contribution in [-0.2, 0) is 22.7 Å². The number of benzene rings is 2. The van der Waals surface area contributed by atoms with Gasteiger partial charge in [-0.3, -0.25) is 14.6 Å². The molecule has 2 N–H and O–H groups in total. The monoisotopic (exact) mass is 437 g/mol. The number of carbonyl (C=O) groups is 3. The fourth-order valence-corrected chi connectivity index (χ4v) is 4.39. The summed E-state index contributed by atoms with van der Waals surface area (Å²) in [5.41, 5.74) is 3.84. The van der Waals surface area contributed by atoms with Crippen LogP contribution in [0.3, 0.4) is 0 Å². The van der Waals surface area contributed by atoms with Crippen molar-refractivity contribution in [2.24, 2.45) is 0 Å². The van der Waals surface area contributed by atoms with Crippen LogP contribution >= 0.6 is 0 Å². The van der Waals surface area contributed by atoms with Crippen LogP contribution in [0, 0.1) is 6.92 Å². The number of likely N-dealkylation sites (tertiary alicyclic amines) is 1. The minimum absolute atomic E-state index is 0.0333. The Morgan fingerprint density at radius 1 is 1.16 bits per heavy atom. The van der Waals surface area contributed by atoms with E-state index in [1.807, 2.05) is 19.1 Å². The number of cyclic esters (lactones) is 1. The molecule has 0 aliphatic carbocycles. The second-order valence-electron chi connectivity index (χ2n) is 8.30. The van der Waals surface area contributed by atoms with Gasteiger partial charge in [0.2, 0.25) is 5.91 Å². The molecule has 0 aromatic heterocycles. The Bertz CT molecular complexity index is 1030. The fraction of sp³-hybridized carbons (Fsp3) is 0.375. The minimum Gasteiger partial charge on any atom is -0.478 e. The van der Waals surface area contributed by atoms with Crippen LogP contribution < -0.4 is 10.2 Å². The van der Waals surface area contributed by atoms with Crippen LogP contribution in [0.4, 0.5) is 10.5 Å². The maximum atomic E-state index is 12.5. The number of rotatable bonds is 6. The van der Waals surface area contributed by atoms with Crippen molar-refractivity contribution in [1.29, 1.82) is 0 Å². The molecule has 1 saturated heterocycles. The first-order chi connectivity index (χ1) is 15.4. The number of nitrogens with one attached hydrogen (secondary N) is 1. The van der Waals surface area contributed by atoms with Gasteiger partial charge in [-0.05, 0) is 37.5 Å². The Labute approximate surface area is 186 Å². The highest BCUT2D eigenvalue weighted by atomic mass is 16.6. The number of aryl methyl sites for hydroxylation is 1. The quantitative estimate of drug-likeness (QED) is 0.721. The molecule has 1 fully saturated rings. The van der Waals surface area contributed by atoms with Gasteiger partial charge in [0.25, 0.3) is 0 Å². The lowest BCUT2D eigenvalue weighted by molar-refractivity contribution is -0.122. The van der Waals surface area contributed by atoms with Crippen molar-refractivity contribution >= 4 is 23.7 Å². The Kier molecular flexibility index (Phi) is 6.41. The molecule has 2 aromatic carbocycles. The van der Waals surface area contributed by atoms with Gasteiger partial charge in [0.15, 0.2) is 0 Å². The number of carboxylic acids is 1. The molecule has 0 bridgehead atoms. The zero-order valence-electron chi connectivity index (χ0n) is 18.0. The second kappa shape index (κ2) is 9.40. The molecule has 0 saturated carbocycles. The van der Waals surface area contributed by atoms with Gasteiger partial charge < -0.3 is 15.2 Å². The number of carboxylic acid groups (broad SMARTS) is 1. The summed E-state index contributed by atoms with van der Waals surface area (Å²) in [6, 6.07) is 12.7. The highest BCUT2D eigenvalue weighted by Crippen LogP contribution is 2.32. The van der Waals surface area contributed by atoms with E-state index < -0.39 is 5.97 Å². The molecule has 0 radical (unpaired) electrons. The van der Waals surface area contributed by atoms with Crippen molar-refractivity contribution in [2.75, 3.05) is 24.5 Å². The average Bonchev–Trinajstić information content (AvgIpc) is 2.78. The molecule has 2 aliphatic rings. The SMILES string of the molecule is Cc1ccc2c(c1)COC(=O)N2C1CCN(CC(=O)NCc2ccccc2C(=O)O)CC1. The highest BCUT2D eigenvalue weighted by Gasteiger charge is 2.34. The molecule has 2 amide bonds. The van der Waals surface area contributed by atoms with Crippen LogP contribution in [0.5, 0.6) is 0 Å². The molecular weight excluding hydrogens is 410 g/mol. The van der Waals surface area contributed by atoms with E-state index >= 15 is 0 Å². The van der Waals surface area contributed by atoms with Crippen molar-refractivity contribution in [3.05, 3.63) is 64.7 Å². The first-order valence-corrected chi connectivity index (χ1v) is 10.8. The molecule has 0 unspecified atom stereocenters. The number of aromatic carboxylic acids is 1. The van der Waals surface area contributed by atoms with Crippen molar-refractivity contribution < 1.29 is 24.2 Å². The number of carbonyl (C=O) groups excluding carboxylic acids is 2. The number of nitrogens with zero attached hydrogens (tertiary/aromatic N) is 2. The lowest BCUT2D eigenvalue weighted by atomic mass is 10.00. The molecule has 2 aliphatic heterocycles. The van der Waals surface area contributed by atoms with E-state index in [4.69, 9.17) is 4.74 Å². The van der Waals surface area contributed by atoms with Gasteiger partial charge in [-0.2, -0.15) is 0 Å². The predicted octanol–water partition coefficient (Wildman–Crippen LogP) is 2.93. The smallest absolute Gasteiger partial charge is 0.414 e. The van der Waals surface area contributed by atoms with Crippen molar-refractivity contribution in [3.8, 4) is 0 Å². The topological polar surface area (TPSA) is 99.2 Å². The number of amides is 2. The van der Waals surface area contributed by atoms with E-state index in [-0.39, 0.29) is 36.7 Å². The molecule has 8 heteroatoms.